The van der Waals surface area contributed by atoms with Gasteiger partial charge in [0.25, 0.3) is 0 Å². The van der Waals surface area contributed by atoms with Crippen LogP contribution in [0, 0.1) is 6.92 Å². The summed E-state index contributed by atoms with van der Waals surface area (Å²) in [5.74, 6) is 1.44. The minimum Gasteiger partial charge on any atom is -0.497 e. The first kappa shape index (κ1) is 18.1. The molecule has 2 rings (SSSR count). The van der Waals surface area contributed by atoms with E-state index in [2.05, 4.69) is 41.7 Å². The van der Waals surface area contributed by atoms with E-state index < -0.39 is 0 Å². The molecule has 0 aliphatic rings. The zero-order chi connectivity index (χ0) is 17.4. The van der Waals surface area contributed by atoms with Crippen LogP contribution >= 0.6 is 11.8 Å². The summed E-state index contributed by atoms with van der Waals surface area (Å²) >= 11 is 1.67. The minimum absolute atomic E-state index is 0.0810. The summed E-state index contributed by atoms with van der Waals surface area (Å²) in [5, 5.41) is 4.15. The molecule has 5 heteroatoms. The normalized spacial score (nSPS) is 11.2. The lowest BCUT2D eigenvalue weighted by Gasteiger charge is -2.05. The number of aryl methyl sites for hydroxylation is 1. The van der Waals surface area contributed by atoms with Crippen LogP contribution in [0.1, 0.15) is 24.5 Å². The predicted octanol–water partition coefficient (Wildman–Crippen LogP) is 4.03. The van der Waals surface area contributed by atoms with E-state index >= 15 is 0 Å². The molecule has 1 amide bonds. The molecule has 24 heavy (non-hydrogen) atoms. The third kappa shape index (κ3) is 5.74. The highest BCUT2D eigenvalue weighted by Crippen LogP contribution is 2.18. The summed E-state index contributed by atoms with van der Waals surface area (Å²) < 4.78 is 5.12. The Balaban J connectivity index is 1.77. The molecular formula is C19H22N2O2S. The lowest BCUT2D eigenvalue weighted by atomic mass is 10.1. The van der Waals surface area contributed by atoms with Gasteiger partial charge in [-0.25, -0.2) is 5.43 Å². The van der Waals surface area contributed by atoms with Crippen molar-refractivity contribution in [2.45, 2.75) is 25.2 Å². The number of amides is 1. The highest BCUT2D eigenvalue weighted by atomic mass is 32.2. The highest BCUT2D eigenvalue weighted by Gasteiger charge is 2.03. The minimum atomic E-state index is -0.0810. The van der Waals surface area contributed by atoms with Gasteiger partial charge in [0.1, 0.15) is 5.75 Å². The zero-order valence-corrected chi connectivity index (χ0v) is 15.0. The number of carbonyl (C=O) groups is 1. The van der Waals surface area contributed by atoms with Crippen molar-refractivity contribution < 1.29 is 9.53 Å². The first-order valence-electron chi connectivity index (χ1n) is 7.75. The van der Waals surface area contributed by atoms with Gasteiger partial charge >= 0.3 is 0 Å². The highest BCUT2D eigenvalue weighted by molar-refractivity contribution is 7.99. The summed E-state index contributed by atoms with van der Waals surface area (Å²) in [5.41, 5.74) is 5.56. The molecule has 0 heterocycles. The molecular weight excluding hydrogens is 320 g/mol. The quantitative estimate of drug-likeness (QED) is 0.470. The summed E-state index contributed by atoms with van der Waals surface area (Å²) in [4.78, 5) is 13.0. The van der Waals surface area contributed by atoms with E-state index in [9.17, 15) is 4.79 Å². The number of nitrogens with one attached hydrogen (secondary N) is 1. The number of hydrogen-bond donors (Lipinski definition) is 1. The lowest BCUT2D eigenvalue weighted by molar-refractivity contribution is -0.120. The van der Waals surface area contributed by atoms with Gasteiger partial charge in [-0.05, 0) is 55.8 Å². The van der Waals surface area contributed by atoms with Crippen LogP contribution < -0.4 is 10.2 Å². The van der Waals surface area contributed by atoms with Gasteiger partial charge in [0, 0.05) is 17.1 Å². The van der Waals surface area contributed by atoms with Gasteiger partial charge in [0.15, 0.2) is 0 Å². The molecule has 4 nitrogen and oxygen atoms in total. The Bertz CT molecular complexity index is 694. The van der Waals surface area contributed by atoms with E-state index in [0.717, 1.165) is 22.8 Å². The average Bonchev–Trinajstić information content (AvgIpc) is 2.61. The van der Waals surface area contributed by atoms with Crippen molar-refractivity contribution in [2.24, 2.45) is 5.10 Å². The number of thioether (sulfide) groups is 1. The topological polar surface area (TPSA) is 50.7 Å². The largest absolute Gasteiger partial charge is 0.497 e. The molecule has 2 aromatic rings. The van der Waals surface area contributed by atoms with Gasteiger partial charge in [-0.1, -0.05) is 17.7 Å². The SMILES string of the molecule is COc1ccc(/C(C)=N/NC(=O)CCSc2ccc(C)cc2)cc1. The number of benzene rings is 2. The molecule has 0 saturated carbocycles. The fourth-order valence-corrected chi connectivity index (χ4v) is 2.85. The first-order valence-corrected chi connectivity index (χ1v) is 8.74. The number of hydrogen-bond acceptors (Lipinski definition) is 4. The molecule has 0 fully saturated rings. The van der Waals surface area contributed by atoms with Crippen LogP contribution in [0.15, 0.2) is 58.5 Å². The van der Waals surface area contributed by atoms with E-state index in [-0.39, 0.29) is 5.91 Å². The van der Waals surface area contributed by atoms with Crippen molar-refractivity contribution in [3.63, 3.8) is 0 Å². The van der Waals surface area contributed by atoms with Crippen molar-refractivity contribution in [3.05, 3.63) is 59.7 Å². The first-order chi connectivity index (χ1) is 11.6. The van der Waals surface area contributed by atoms with E-state index in [1.54, 1.807) is 18.9 Å². The Labute approximate surface area is 147 Å². The third-order valence-corrected chi connectivity index (χ3v) is 4.49. The molecule has 0 aromatic heterocycles. The number of carbonyl (C=O) groups excluding carboxylic acids is 1. The molecule has 1 N–H and O–H groups in total. The standard InChI is InChI=1S/C19H22N2O2S/c1-14-4-10-18(11-5-14)24-13-12-19(22)21-20-15(2)16-6-8-17(23-3)9-7-16/h4-11H,12-13H2,1-3H3,(H,21,22)/b20-15+. The van der Waals surface area contributed by atoms with E-state index in [1.165, 1.54) is 10.5 Å². The Hall–Kier alpha value is -2.27. The fraction of sp³-hybridized carbons (Fsp3) is 0.263. The third-order valence-electron chi connectivity index (χ3n) is 3.47. The molecule has 0 aliphatic carbocycles. The summed E-state index contributed by atoms with van der Waals surface area (Å²) in [6.45, 7) is 3.92. The second kappa shape index (κ2) is 9.13. The van der Waals surface area contributed by atoms with Crippen molar-refractivity contribution in [3.8, 4) is 5.75 Å². The van der Waals surface area contributed by atoms with Gasteiger partial charge in [-0.15, -0.1) is 11.8 Å². The van der Waals surface area contributed by atoms with Crippen LogP contribution in [0.5, 0.6) is 5.75 Å². The monoisotopic (exact) mass is 342 g/mol. The van der Waals surface area contributed by atoms with E-state index in [1.807, 2.05) is 31.2 Å². The maximum atomic E-state index is 11.9. The summed E-state index contributed by atoms with van der Waals surface area (Å²) in [7, 11) is 1.63. The molecule has 0 unspecified atom stereocenters. The van der Waals surface area contributed by atoms with Crippen LogP contribution in [-0.4, -0.2) is 24.5 Å². The predicted molar refractivity (Wildman–Crippen MR) is 99.9 cm³/mol. The second-order valence-corrected chi connectivity index (χ2v) is 6.54. The molecule has 0 bridgehead atoms. The number of hydrazone groups is 1. The maximum Gasteiger partial charge on any atom is 0.240 e. The van der Waals surface area contributed by atoms with Crippen molar-refractivity contribution in [2.75, 3.05) is 12.9 Å². The van der Waals surface area contributed by atoms with Crippen LogP contribution in [0.3, 0.4) is 0 Å². The number of rotatable bonds is 7. The van der Waals surface area contributed by atoms with Crippen LogP contribution in [-0.2, 0) is 4.79 Å². The van der Waals surface area contributed by atoms with Gasteiger partial charge in [0.2, 0.25) is 5.91 Å². The summed E-state index contributed by atoms with van der Waals surface area (Å²) in [6.07, 6.45) is 0.429. The van der Waals surface area contributed by atoms with E-state index in [0.29, 0.717) is 6.42 Å². The van der Waals surface area contributed by atoms with Crippen LogP contribution in [0.4, 0.5) is 0 Å². The Kier molecular flexibility index (Phi) is 6.88. The Morgan fingerprint density at radius 1 is 1.12 bits per heavy atom. The second-order valence-electron chi connectivity index (χ2n) is 5.37. The van der Waals surface area contributed by atoms with Gasteiger partial charge in [-0.3, -0.25) is 4.79 Å². The molecule has 0 aliphatic heterocycles. The molecule has 0 atom stereocenters. The fourth-order valence-electron chi connectivity index (χ4n) is 1.99. The smallest absolute Gasteiger partial charge is 0.240 e. The average molecular weight is 342 g/mol. The van der Waals surface area contributed by atoms with Crippen molar-refractivity contribution in [1.29, 1.82) is 0 Å². The Morgan fingerprint density at radius 3 is 2.42 bits per heavy atom. The van der Waals surface area contributed by atoms with Gasteiger partial charge < -0.3 is 4.74 Å². The zero-order valence-electron chi connectivity index (χ0n) is 14.2. The molecule has 0 radical (unpaired) electrons. The maximum absolute atomic E-state index is 11.9. The van der Waals surface area contributed by atoms with Crippen LogP contribution in [0.2, 0.25) is 0 Å². The Morgan fingerprint density at radius 2 is 1.79 bits per heavy atom. The number of ether oxygens (including phenoxy) is 1. The molecule has 2 aromatic carbocycles. The van der Waals surface area contributed by atoms with Crippen LogP contribution in [0.25, 0.3) is 0 Å². The van der Waals surface area contributed by atoms with Gasteiger partial charge in [-0.2, -0.15) is 5.10 Å². The van der Waals surface area contributed by atoms with Gasteiger partial charge in [0.05, 0.1) is 12.8 Å². The lowest BCUT2D eigenvalue weighted by Crippen LogP contribution is -2.19. The van der Waals surface area contributed by atoms with E-state index in [4.69, 9.17) is 4.74 Å². The van der Waals surface area contributed by atoms with Crippen molar-refractivity contribution >= 4 is 23.4 Å². The molecule has 126 valence electrons. The number of methoxy groups -OCH3 is 1. The van der Waals surface area contributed by atoms with Crippen molar-refractivity contribution in [1.82, 2.24) is 5.43 Å². The summed E-state index contributed by atoms with van der Waals surface area (Å²) in [6, 6.07) is 15.9. The number of nitrogens with zero attached hydrogens (tertiary/aromatic N) is 1. The molecule has 0 spiro atoms. The molecule has 0 saturated heterocycles.